The van der Waals surface area contributed by atoms with Gasteiger partial charge in [-0.3, -0.25) is 9.78 Å². The predicted octanol–water partition coefficient (Wildman–Crippen LogP) is 2.12. The van der Waals surface area contributed by atoms with Gasteiger partial charge in [-0.05, 0) is 42.8 Å². The summed E-state index contributed by atoms with van der Waals surface area (Å²) in [5, 5.41) is 10.2. The molecule has 2 N–H and O–H groups in total. The average molecular weight is 443 g/mol. The van der Waals surface area contributed by atoms with E-state index in [0.29, 0.717) is 30.0 Å². The molecule has 0 amide bonds. The highest BCUT2D eigenvalue weighted by Gasteiger charge is 2.29. The number of aromatic nitrogens is 2. The molecule has 162 valence electrons. The van der Waals surface area contributed by atoms with Crippen LogP contribution in [0.25, 0.3) is 16.6 Å². The van der Waals surface area contributed by atoms with Gasteiger partial charge in [0, 0.05) is 24.5 Å². The fourth-order valence-electron chi connectivity index (χ4n) is 3.69. The fraction of sp³-hybridized carbons (Fsp3) is 0.238. The smallest absolute Gasteiger partial charge is 0.290 e. The van der Waals surface area contributed by atoms with Crippen LogP contribution >= 0.6 is 0 Å². The molecule has 0 radical (unpaired) electrons. The van der Waals surface area contributed by atoms with Crippen molar-refractivity contribution in [2.45, 2.75) is 11.3 Å². The molecule has 4 heterocycles. The van der Waals surface area contributed by atoms with E-state index >= 15 is 0 Å². The van der Waals surface area contributed by atoms with Gasteiger partial charge in [0.05, 0.1) is 11.0 Å². The minimum absolute atomic E-state index is 0.0938. The number of nitrogens with zero attached hydrogens (tertiary/aromatic N) is 2. The van der Waals surface area contributed by atoms with Gasteiger partial charge >= 0.3 is 0 Å². The molecule has 0 aliphatic carbocycles. The summed E-state index contributed by atoms with van der Waals surface area (Å²) in [4.78, 5) is 12.9. The van der Waals surface area contributed by atoms with Crippen molar-refractivity contribution in [1.29, 1.82) is 0 Å². The third-order valence-electron chi connectivity index (χ3n) is 5.00. The molecule has 2 aromatic heterocycles. The van der Waals surface area contributed by atoms with Crippen LogP contribution in [-0.2, 0) is 14.8 Å². The Morgan fingerprint density at radius 2 is 1.97 bits per heavy atom. The van der Waals surface area contributed by atoms with Gasteiger partial charge in [0.25, 0.3) is 16.5 Å². The maximum Gasteiger partial charge on any atom is 0.290 e. The molecular weight excluding hydrogens is 422 g/mol. The largest absolute Gasteiger partial charge is 0.486 e. The number of hydrogen-bond acceptors (Lipinski definition) is 7. The second-order valence-corrected chi connectivity index (χ2v) is 8.57. The summed E-state index contributed by atoms with van der Waals surface area (Å²) in [6.07, 6.45) is 6.28. The van der Waals surface area contributed by atoms with Crippen LogP contribution in [0.1, 0.15) is 12.0 Å². The first kappa shape index (κ1) is 20.9. The second-order valence-electron chi connectivity index (χ2n) is 6.78. The van der Waals surface area contributed by atoms with Crippen LogP contribution in [0, 0.1) is 0 Å². The van der Waals surface area contributed by atoms with Gasteiger partial charge < -0.3 is 19.9 Å². The number of carbonyl (C=O) groups is 1. The van der Waals surface area contributed by atoms with E-state index in [1.165, 1.54) is 3.97 Å². The van der Waals surface area contributed by atoms with Crippen molar-refractivity contribution in [2.24, 2.45) is 0 Å². The zero-order chi connectivity index (χ0) is 21.8. The van der Waals surface area contributed by atoms with E-state index in [0.717, 1.165) is 30.6 Å². The van der Waals surface area contributed by atoms with Crippen LogP contribution in [0.2, 0.25) is 0 Å². The van der Waals surface area contributed by atoms with Crippen LogP contribution in [0.5, 0.6) is 11.5 Å². The molecule has 10 heteroatoms. The lowest BCUT2D eigenvalue weighted by molar-refractivity contribution is -0.122. The van der Waals surface area contributed by atoms with E-state index in [4.69, 9.17) is 19.4 Å². The zero-order valence-corrected chi connectivity index (χ0v) is 17.3. The number of benzene rings is 1. The fourth-order valence-corrected chi connectivity index (χ4v) is 5.19. The van der Waals surface area contributed by atoms with Crippen LogP contribution < -0.4 is 14.8 Å². The van der Waals surface area contributed by atoms with Gasteiger partial charge in [-0.25, -0.2) is 12.4 Å². The molecule has 9 nitrogen and oxygen atoms in total. The standard InChI is InChI=1S/C20H19N3O4S.CH2O2/c24-28(25,18-5-1-4-17-20(18)27-12-11-26-17)23-13-15(14-6-9-21-10-7-14)19-16(23)3-2-8-22-19;2-1-3/h1-6,8,13,21H,7,9-12H2;1H,(H,2,3). The summed E-state index contributed by atoms with van der Waals surface area (Å²) in [5.41, 5.74) is 3.18. The van der Waals surface area contributed by atoms with Gasteiger partial charge in [0.2, 0.25) is 0 Å². The number of carboxylic acid groups (broad SMARTS) is 1. The maximum atomic E-state index is 13.6. The summed E-state index contributed by atoms with van der Waals surface area (Å²) in [5.74, 6) is 0.713. The van der Waals surface area contributed by atoms with E-state index in [1.54, 1.807) is 42.7 Å². The summed E-state index contributed by atoms with van der Waals surface area (Å²) in [6.45, 7) is 2.09. The number of nitrogens with one attached hydrogen (secondary N) is 1. The molecule has 31 heavy (non-hydrogen) atoms. The third kappa shape index (κ3) is 3.87. The Bertz CT molecular complexity index is 1250. The quantitative estimate of drug-likeness (QED) is 0.591. The molecule has 2 aliphatic heterocycles. The number of rotatable bonds is 3. The summed E-state index contributed by atoms with van der Waals surface area (Å²) < 4.78 is 39.7. The number of fused-ring (bicyclic) bond motifs is 2. The van der Waals surface area contributed by atoms with Crippen LogP contribution in [0.15, 0.2) is 53.7 Å². The topological polar surface area (TPSA) is 120 Å². The van der Waals surface area contributed by atoms with E-state index in [1.807, 2.05) is 0 Å². The van der Waals surface area contributed by atoms with Crippen molar-refractivity contribution in [2.75, 3.05) is 26.3 Å². The lowest BCUT2D eigenvalue weighted by Gasteiger charge is -2.21. The second kappa shape index (κ2) is 8.78. The molecule has 0 spiro atoms. The first-order valence-corrected chi connectivity index (χ1v) is 11.1. The minimum Gasteiger partial charge on any atom is -0.486 e. The van der Waals surface area contributed by atoms with Crippen molar-refractivity contribution in [1.82, 2.24) is 14.3 Å². The maximum absolute atomic E-state index is 13.6. The highest BCUT2D eigenvalue weighted by atomic mass is 32.2. The normalized spacial score (nSPS) is 15.5. The molecule has 5 rings (SSSR count). The first-order valence-electron chi connectivity index (χ1n) is 9.66. The van der Waals surface area contributed by atoms with Gasteiger partial charge in [0.15, 0.2) is 11.5 Å². The molecule has 1 aromatic carbocycles. The lowest BCUT2D eigenvalue weighted by Crippen LogP contribution is -2.20. The summed E-state index contributed by atoms with van der Waals surface area (Å²) in [6, 6.07) is 8.45. The number of pyridine rings is 1. The molecule has 0 saturated heterocycles. The molecule has 2 aliphatic rings. The molecule has 0 fully saturated rings. The van der Waals surface area contributed by atoms with Crippen LogP contribution in [0.4, 0.5) is 0 Å². The highest BCUT2D eigenvalue weighted by Crippen LogP contribution is 2.39. The molecule has 0 unspecified atom stereocenters. The third-order valence-corrected chi connectivity index (χ3v) is 6.70. The predicted molar refractivity (Wildman–Crippen MR) is 114 cm³/mol. The van der Waals surface area contributed by atoms with Gasteiger partial charge in [-0.2, -0.15) is 0 Å². The molecule has 0 bridgehead atoms. The summed E-state index contributed by atoms with van der Waals surface area (Å²) in [7, 11) is -3.90. The lowest BCUT2D eigenvalue weighted by atomic mass is 10.0. The Labute approximate surface area is 179 Å². The van der Waals surface area contributed by atoms with Crippen molar-refractivity contribution in [3.05, 3.63) is 54.4 Å². The van der Waals surface area contributed by atoms with E-state index in [2.05, 4.69) is 16.4 Å². The minimum atomic E-state index is -3.90. The van der Waals surface area contributed by atoms with Crippen LogP contribution in [-0.4, -0.2) is 55.3 Å². The van der Waals surface area contributed by atoms with E-state index in [9.17, 15) is 8.42 Å². The van der Waals surface area contributed by atoms with Gasteiger partial charge in [0.1, 0.15) is 18.1 Å². The zero-order valence-electron chi connectivity index (χ0n) is 16.5. The molecule has 3 aromatic rings. The Morgan fingerprint density at radius 1 is 1.16 bits per heavy atom. The number of ether oxygens (including phenoxy) is 2. The van der Waals surface area contributed by atoms with Crippen molar-refractivity contribution in [3.8, 4) is 11.5 Å². The highest BCUT2D eigenvalue weighted by molar-refractivity contribution is 7.90. The van der Waals surface area contributed by atoms with E-state index in [-0.39, 0.29) is 17.1 Å². The van der Waals surface area contributed by atoms with Crippen molar-refractivity contribution in [3.63, 3.8) is 0 Å². The van der Waals surface area contributed by atoms with Gasteiger partial charge in [-0.15, -0.1) is 0 Å². The number of hydrogen-bond donors (Lipinski definition) is 2. The Hall–Kier alpha value is -3.37. The Kier molecular flexibility index (Phi) is 5.92. The monoisotopic (exact) mass is 443 g/mol. The van der Waals surface area contributed by atoms with Crippen LogP contribution in [0.3, 0.4) is 0 Å². The van der Waals surface area contributed by atoms with Crippen molar-refractivity contribution >= 4 is 33.1 Å². The Balaban J connectivity index is 0.000000730. The molecule has 0 atom stereocenters. The first-order chi connectivity index (χ1) is 15.1. The average Bonchev–Trinajstić information content (AvgIpc) is 3.20. The molecule has 0 saturated carbocycles. The SMILES string of the molecule is O=CO.O=S(=O)(c1cccc2c1OCCO2)n1cc(C2=CCNCC2)c2ncccc21. The Morgan fingerprint density at radius 3 is 2.74 bits per heavy atom. The number of para-hydroxylation sites is 1. The summed E-state index contributed by atoms with van der Waals surface area (Å²) >= 11 is 0. The van der Waals surface area contributed by atoms with Crippen molar-refractivity contribution < 1.29 is 27.8 Å². The van der Waals surface area contributed by atoms with E-state index < -0.39 is 10.0 Å². The molecular formula is C21H21N3O6S. The van der Waals surface area contributed by atoms with Gasteiger partial charge in [-0.1, -0.05) is 12.1 Å².